The Kier molecular flexibility index (Phi) is 2.64. The van der Waals surface area contributed by atoms with E-state index in [1.807, 2.05) is 0 Å². The molecule has 16 heavy (non-hydrogen) atoms. The summed E-state index contributed by atoms with van der Waals surface area (Å²) in [5.74, 6) is -0.368. The molecule has 2 rings (SSSR count). The first kappa shape index (κ1) is 10.7. The summed E-state index contributed by atoms with van der Waals surface area (Å²) in [6, 6.07) is 1.31. The van der Waals surface area contributed by atoms with E-state index in [0.717, 1.165) is 6.42 Å². The van der Waals surface area contributed by atoms with Gasteiger partial charge in [-0.25, -0.2) is 4.98 Å². The summed E-state index contributed by atoms with van der Waals surface area (Å²) in [5.41, 5.74) is -0.930. The molecule has 3 N–H and O–H groups in total. The fourth-order valence-corrected chi connectivity index (χ4v) is 1.79. The van der Waals surface area contributed by atoms with Crippen molar-refractivity contribution < 1.29 is 9.90 Å². The number of hydrogen-bond donors (Lipinski definition) is 3. The molecule has 1 aromatic rings. The van der Waals surface area contributed by atoms with Gasteiger partial charge in [-0.15, -0.1) is 0 Å². The van der Waals surface area contributed by atoms with Gasteiger partial charge in [-0.2, -0.15) is 0 Å². The van der Waals surface area contributed by atoms with E-state index in [0.29, 0.717) is 25.2 Å². The second-order valence-corrected chi connectivity index (χ2v) is 4.09. The molecular weight excluding hydrogens is 210 g/mol. The van der Waals surface area contributed by atoms with Crippen LogP contribution in [0.25, 0.3) is 0 Å². The van der Waals surface area contributed by atoms with Crippen LogP contribution >= 0.6 is 0 Å². The maximum Gasteiger partial charge on any atom is 0.311 e. The number of carbonyl (C=O) groups is 1. The van der Waals surface area contributed by atoms with E-state index in [-0.39, 0.29) is 5.56 Å². The van der Waals surface area contributed by atoms with E-state index in [1.165, 1.54) is 12.4 Å². The average Bonchev–Trinajstić information content (AvgIpc) is 2.15. The van der Waals surface area contributed by atoms with Gasteiger partial charge in [0.25, 0.3) is 5.56 Å². The highest BCUT2D eigenvalue weighted by molar-refractivity contribution is 5.76. The Labute approximate surface area is 91.7 Å². The van der Waals surface area contributed by atoms with Crippen LogP contribution < -0.4 is 10.9 Å². The van der Waals surface area contributed by atoms with Crippen molar-refractivity contribution in [3.05, 3.63) is 22.7 Å². The molecule has 0 bridgehead atoms. The number of anilines is 1. The van der Waals surface area contributed by atoms with E-state index in [4.69, 9.17) is 5.11 Å². The van der Waals surface area contributed by atoms with Gasteiger partial charge in [0, 0.05) is 12.6 Å². The number of H-pyrrole nitrogens is 1. The van der Waals surface area contributed by atoms with E-state index in [1.54, 1.807) is 0 Å². The molecule has 1 heterocycles. The maximum absolute atomic E-state index is 11.1. The van der Waals surface area contributed by atoms with E-state index in [9.17, 15) is 9.59 Å². The maximum atomic E-state index is 11.1. The summed E-state index contributed by atoms with van der Waals surface area (Å²) in [6.07, 6.45) is 3.59. The Balaban J connectivity index is 2.01. The Hall–Kier alpha value is -1.85. The number of carboxylic acid groups (broad SMARTS) is 1. The highest BCUT2D eigenvalue weighted by Crippen LogP contribution is 2.41. The van der Waals surface area contributed by atoms with Crippen molar-refractivity contribution in [2.75, 3.05) is 11.9 Å². The fraction of sp³-hybridized carbons (Fsp3) is 0.500. The van der Waals surface area contributed by atoms with Crippen LogP contribution in [0.1, 0.15) is 19.3 Å². The Morgan fingerprint density at radius 1 is 1.62 bits per heavy atom. The van der Waals surface area contributed by atoms with E-state index >= 15 is 0 Å². The lowest BCUT2D eigenvalue weighted by Gasteiger charge is -2.37. The third-order valence-corrected chi connectivity index (χ3v) is 3.05. The lowest BCUT2D eigenvalue weighted by Crippen LogP contribution is -2.43. The first-order chi connectivity index (χ1) is 7.62. The molecular formula is C10H13N3O3. The largest absolute Gasteiger partial charge is 0.481 e. The van der Waals surface area contributed by atoms with Crippen molar-refractivity contribution in [2.45, 2.75) is 19.3 Å². The van der Waals surface area contributed by atoms with Crippen molar-refractivity contribution in [3.8, 4) is 0 Å². The Morgan fingerprint density at radius 2 is 2.38 bits per heavy atom. The minimum absolute atomic E-state index is 0.254. The molecule has 1 fully saturated rings. The standard InChI is InChI=1S/C10H13N3O3/c14-8-4-7(12-6-13-8)11-5-10(9(15)16)2-1-3-10/h4,6H,1-3,5H2,(H,15,16)(H2,11,12,13,14). The van der Waals surface area contributed by atoms with Crippen molar-refractivity contribution in [1.82, 2.24) is 9.97 Å². The number of hydrogen-bond acceptors (Lipinski definition) is 4. The lowest BCUT2D eigenvalue weighted by atomic mass is 9.69. The zero-order valence-corrected chi connectivity index (χ0v) is 8.69. The Bertz CT molecular complexity index is 451. The first-order valence-corrected chi connectivity index (χ1v) is 5.14. The third-order valence-electron chi connectivity index (χ3n) is 3.05. The number of aliphatic carboxylic acids is 1. The van der Waals surface area contributed by atoms with Crippen LogP contribution in [0.4, 0.5) is 5.82 Å². The van der Waals surface area contributed by atoms with Crippen molar-refractivity contribution in [2.24, 2.45) is 5.41 Å². The second kappa shape index (κ2) is 3.96. The number of aromatic nitrogens is 2. The van der Waals surface area contributed by atoms with E-state index < -0.39 is 11.4 Å². The molecule has 0 saturated heterocycles. The molecule has 86 valence electrons. The van der Waals surface area contributed by atoms with Crippen LogP contribution in [0, 0.1) is 5.41 Å². The molecule has 1 aromatic heterocycles. The van der Waals surface area contributed by atoms with Gasteiger partial charge >= 0.3 is 5.97 Å². The predicted molar refractivity (Wildman–Crippen MR) is 57.3 cm³/mol. The van der Waals surface area contributed by atoms with Crippen LogP contribution in [-0.4, -0.2) is 27.6 Å². The molecule has 0 aliphatic heterocycles. The minimum atomic E-state index is -0.781. The minimum Gasteiger partial charge on any atom is -0.481 e. The highest BCUT2D eigenvalue weighted by Gasteiger charge is 2.44. The van der Waals surface area contributed by atoms with Crippen LogP contribution in [0.2, 0.25) is 0 Å². The van der Waals surface area contributed by atoms with Gasteiger partial charge < -0.3 is 15.4 Å². The van der Waals surface area contributed by atoms with Gasteiger partial charge in [0.2, 0.25) is 0 Å². The van der Waals surface area contributed by atoms with Crippen LogP contribution in [0.3, 0.4) is 0 Å². The molecule has 0 radical (unpaired) electrons. The highest BCUT2D eigenvalue weighted by atomic mass is 16.4. The van der Waals surface area contributed by atoms with Crippen molar-refractivity contribution >= 4 is 11.8 Å². The summed E-state index contributed by atoms with van der Waals surface area (Å²) in [5, 5.41) is 12.0. The monoisotopic (exact) mass is 223 g/mol. The molecule has 0 unspecified atom stereocenters. The first-order valence-electron chi connectivity index (χ1n) is 5.14. The molecule has 1 aliphatic carbocycles. The summed E-state index contributed by atoms with van der Waals surface area (Å²) in [6.45, 7) is 0.318. The summed E-state index contributed by atoms with van der Waals surface area (Å²) in [7, 11) is 0. The van der Waals surface area contributed by atoms with Gasteiger partial charge in [0.05, 0.1) is 11.7 Å². The molecule has 1 aliphatic rings. The Morgan fingerprint density at radius 3 is 2.88 bits per heavy atom. The number of carboxylic acids is 1. The van der Waals surface area contributed by atoms with Gasteiger partial charge in [0.15, 0.2) is 0 Å². The topological polar surface area (TPSA) is 95.1 Å². The van der Waals surface area contributed by atoms with Crippen molar-refractivity contribution in [1.29, 1.82) is 0 Å². The molecule has 6 heteroatoms. The summed E-state index contributed by atoms with van der Waals surface area (Å²) in [4.78, 5) is 28.3. The van der Waals surface area contributed by atoms with Gasteiger partial charge in [-0.3, -0.25) is 9.59 Å². The molecule has 0 amide bonds. The summed E-state index contributed by atoms with van der Waals surface area (Å²) < 4.78 is 0. The van der Waals surface area contributed by atoms with Gasteiger partial charge in [-0.1, -0.05) is 6.42 Å². The number of nitrogens with one attached hydrogen (secondary N) is 2. The third kappa shape index (κ3) is 1.91. The molecule has 1 saturated carbocycles. The average molecular weight is 223 g/mol. The molecule has 0 atom stereocenters. The normalized spacial score (nSPS) is 17.5. The lowest BCUT2D eigenvalue weighted by molar-refractivity contribution is -0.153. The smallest absolute Gasteiger partial charge is 0.311 e. The predicted octanol–water partition coefficient (Wildman–Crippen LogP) is 0.437. The fourth-order valence-electron chi connectivity index (χ4n) is 1.79. The SMILES string of the molecule is O=C(O)C1(CNc2cc(=O)[nH]cn2)CCC1. The number of rotatable bonds is 4. The number of aromatic amines is 1. The quantitative estimate of drug-likeness (QED) is 0.688. The summed E-state index contributed by atoms with van der Waals surface area (Å²) >= 11 is 0. The number of nitrogens with zero attached hydrogens (tertiary/aromatic N) is 1. The van der Waals surface area contributed by atoms with Gasteiger partial charge in [-0.05, 0) is 12.8 Å². The zero-order valence-electron chi connectivity index (χ0n) is 8.69. The second-order valence-electron chi connectivity index (χ2n) is 4.09. The van der Waals surface area contributed by atoms with Gasteiger partial charge in [0.1, 0.15) is 5.82 Å². The molecule has 0 spiro atoms. The zero-order chi connectivity index (χ0) is 11.6. The van der Waals surface area contributed by atoms with Crippen molar-refractivity contribution in [3.63, 3.8) is 0 Å². The molecule has 6 nitrogen and oxygen atoms in total. The van der Waals surface area contributed by atoms with E-state index in [2.05, 4.69) is 15.3 Å². The van der Waals surface area contributed by atoms with Crippen LogP contribution in [-0.2, 0) is 4.79 Å². The molecule has 0 aromatic carbocycles. The van der Waals surface area contributed by atoms with Crippen LogP contribution in [0.15, 0.2) is 17.2 Å². The van der Waals surface area contributed by atoms with Crippen LogP contribution in [0.5, 0.6) is 0 Å².